The number of hydrogen-bond acceptors (Lipinski definition) is 3. The summed E-state index contributed by atoms with van der Waals surface area (Å²) < 4.78 is 5.96. The molecule has 2 saturated heterocycles. The summed E-state index contributed by atoms with van der Waals surface area (Å²) in [6, 6.07) is 2.68. The summed E-state index contributed by atoms with van der Waals surface area (Å²) in [6.45, 7) is 1.78. The number of carbonyl (C=O) groups is 1. The lowest BCUT2D eigenvalue weighted by Gasteiger charge is -2.39. The number of hydrogen-bond donors (Lipinski definition) is 0. The minimum Gasteiger partial charge on any atom is -0.373 e. The van der Waals surface area contributed by atoms with Crippen molar-refractivity contribution in [1.82, 2.24) is 4.90 Å². The lowest BCUT2D eigenvalue weighted by molar-refractivity contribution is -0.137. The minimum absolute atomic E-state index is 0.00450. The van der Waals surface area contributed by atoms with Crippen LogP contribution in [-0.2, 0) is 16.0 Å². The molecule has 0 N–H and O–H groups in total. The predicted molar refractivity (Wildman–Crippen MR) is 90.4 cm³/mol. The van der Waals surface area contributed by atoms with Crippen molar-refractivity contribution in [2.24, 2.45) is 17.8 Å². The lowest BCUT2D eigenvalue weighted by Crippen LogP contribution is -2.42. The van der Waals surface area contributed by atoms with Gasteiger partial charge in [-0.3, -0.25) is 4.79 Å². The second-order valence-electron chi connectivity index (χ2n) is 8.09. The first-order chi connectivity index (χ1) is 11.3. The number of amides is 1. The quantitative estimate of drug-likeness (QED) is 0.825. The van der Waals surface area contributed by atoms with Crippen molar-refractivity contribution >= 4 is 17.2 Å². The molecule has 4 heteroatoms. The summed E-state index contributed by atoms with van der Waals surface area (Å²) in [5.74, 6) is 2.89. The molecule has 6 rings (SSSR count). The van der Waals surface area contributed by atoms with E-state index in [0.717, 1.165) is 37.3 Å². The highest BCUT2D eigenvalue weighted by atomic mass is 32.1. The van der Waals surface area contributed by atoms with E-state index in [0.29, 0.717) is 18.4 Å². The molecule has 4 fully saturated rings. The fourth-order valence-electron chi connectivity index (χ4n) is 5.76. The first kappa shape index (κ1) is 14.5. The van der Waals surface area contributed by atoms with Gasteiger partial charge < -0.3 is 9.64 Å². The summed E-state index contributed by atoms with van der Waals surface area (Å²) in [5.41, 5.74) is 1.27. The van der Waals surface area contributed by atoms with Gasteiger partial charge in [-0.15, -0.1) is 11.3 Å². The van der Waals surface area contributed by atoms with Crippen LogP contribution >= 0.6 is 11.3 Å². The second kappa shape index (κ2) is 5.59. The average Bonchev–Trinajstić information content (AvgIpc) is 2.92. The molecule has 0 radical (unpaired) electrons. The molecule has 5 aliphatic rings. The maximum Gasteiger partial charge on any atom is 0.225 e. The lowest BCUT2D eigenvalue weighted by atomic mass is 9.68. The number of carbonyl (C=O) groups excluding carboxylic acids is 1. The van der Waals surface area contributed by atoms with E-state index in [1.165, 1.54) is 42.5 Å². The zero-order valence-electron chi connectivity index (χ0n) is 13.6. The molecule has 1 amide bonds. The Morgan fingerprint density at radius 2 is 1.96 bits per heavy atom. The molecule has 1 aromatic heterocycles. The first-order valence-electron chi connectivity index (χ1n) is 9.23. The summed E-state index contributed by atoms with van der Waals surface area (Å²) in [7, 11) is 0. The molecule has 3 unspecified atom stereocenters. The van der Waals surface area contributed by atoms with Crippen LogP contribution in [-0.4, -0.2) is 30.0 Å². The summed E-state index contributed by atoms with van der Waals surface area (Å²) in [5, 5.41) is 2.14. The fourth-order valence-corrected chi connectivity index (χ4v) is 6.67. The van der Waals surface area contributed by atoms with E-state index in [9.17, 15) is 4.79 Å². The van der Waals surface area contributed by atoms with Crippen molar-refractivity contribution in [3.8, 4) is 0 Å². The number of thiophene rings is 1. The van der Waals surface area contributed by atoms with Gasteiger partial charge in [-0.25, -0.2) is 0 Å². The third-order valence-corrected chi connectivity index (χ3v) is 7.56. The van der Waals surface area contributed by atoms with Crippen LogP contribution in [0, 0.1) is 17.8 Å². The normalized spacial score (nSPS) is 38.4. The molecule has 0 spiro atoms. The SMILES string of the molecule is O=C(CC1OCCc2sccc21)N1CC2CC3CC(C2)CC1C3. The van der Waals surface area contributed by atoms with Gasteiger partial charge in [0.15, 0.2) is 0 Å². The molecule has 3 nitrogen and oxygen atoms in total. The van der Waals surface area contributed by atoms with Gasteiger partial charge in [0.1, 0.15) is 0 Å². The summed E-state index contributed by atoms with van der Waals surface area (Å²) in [6.07, 6.45) is 8.23. The largest absolute Gasteiger partial charge is 0.373 e. The molecule has 3 aliphatic heterocycles. The fraction of sp³-hybridized carbons (Fsp3) is 0.737. The highest BCUT2D eigenvalue weighted by Gasteiger charge is 2.44. The van der Waals surface area contributed by atoms with Crippen LogP contribution in [0.5, 0.6) is 0 Å². The Morgan fingerprint density at radius 3 is 2.78 bits per heavy atom. The van der Waals surface area contributed by atoms with Crippen LogP contribution in [0.3, 0.4) is 0 Å². The van der Waals surface area contributed by atoms with Crippen molar-refractivity contribution in [2.45, 2.75) is 57.1 Å². The molecule has 124 valence electrons. The van der Waals surface area contributed by atoms with Crippen LogP contribution < -0.4 is 0 Å². The monoisotopic (exact) mass is 331 g/mol. The van der Waals surface area contributed by atoms with Gasteiger partial charge >= 0.3 is 0 Å². The van der Waals surface area contributed by atoms with Crippen molar-refractivity contribution in [3.63, 3.8) is 0 Å². The molecule has 2 saturated carbocycles. The Kier molecular flexibility index (Phi) is 3.52. The van der Waals surface area contributed by atoms with Gasteiger partial charge in [-0.05, 0) is 66.9 Å². The van der Waals surface area contributed by atoms with E-state index in [4.69, 9.17) is 4.74 Å². The van der Waals surface area contributed by atoms with E-state index >= 15 is 0 Å². The molecule has 2 aliphatic carbocycles. The van der Waals surface area contributed by atoms with Crippen LogP contribution in [0.2, 0.25) is 0 Å². The highest BCUT2D eigenvalue weighted by Crippen LogP contribution is 2.48. The Bertz CT molecular complexity index is 598. The van der Waals surface area contributed by atoms with Crippen molar-refractivity contribution in [1.29, 1.82) is 0 Å². The third kappa shape index (κ3) is 2.54. The topological polar surface area (TPSA) is 29.5 Å². The van der Waals surface area contributed by atoms with Gasteiger partial charge in [-0.2, -0.15) is 0 Å². The van der Waals surface area contributed by atoms with Gasteiger partial charge in [0.2, 0.25) is 5.91 Å². The van der Waals surface area contributed by atoms with Crippen molar-refractivity contribution in [3.05, 3.63) is 21.9 Å². The van der Waals surface area contributed by atoms with E-state index < -0.39 is 0 Å². The van der Waals surface area contributed by atoms with Crippen molar-refractivity contribution < 1.29 is 9.53 Å². The van der Waals surface area contributed by atoms with E-state index in [1.807, 2.05) is 11.3 Å². The van der Waals surface area contributed by atoms with Crippen molar-refractivity contribution in [2.75, 3.05) is 13.2 Å². The highest BCUT2D eigenvalue weighted by molar-refractivity contribution is 7.10. The Labute approximate surface area is 142 Å². The number of nitrogens with zero attached hydrogens (tertiary/aromatic N) is 1. The third-order valence-electron chi connectivity index (χ3n) is 6.56. The summed E-state index contributed by atoms with van der Waals surface area (Å²) >= 11 is 1.81. The predicted octanol–water partition coefficient (Wildman–Crippen LogP) is 3.79. The van der Waals surface area contributed by atoms with E-state index in [-0.39, 0.29) is 6.10 Å². The Hall–Kier alpha value is -0.870. The average molecular weight is 331 g/mol. The Balaban J connectivity index is 1.34. The van der Waals surface area contributed by atoms with Gasteiger partial charge in [0.05, 0.1) is 19.1 Å². The number of ether oxygens (including phenoxy) is 1. The molecule has 4 heterocycles. The van der Waals surface area contributed by atoms with Crippen LogP contribution in [0.1, 0.15) is 55.1 Å². The number of rotatable bonds is 2. The minimum atomic E-state index is -0.00450. The first-order valence-corrected chi connectivity index (χ1v) is 10.1. The van der Waals surface area contributed by atoms with Gasteiger partial charge in [-0.1, -0.05) is 0 Å². The second-order valence-corrected chi connectivity index (χ2v) is 9.09. The number of fused-ring (bicyclic) bond motifs is 2. The standard InChI is InChI=1S/C19H25NO2S/c21-19(10-17-16-2-4-23-18(16)1-3-22-17)20-11-14-6-12-5-13(7-14)9-15(20)8-12/h2,4,12-15,17H,1,3,5-11H2. The molecular weight excluding hydrogens is 306 g/mol. The zero-order valence-corrected chi connectivity index (χ0v) is 14.4. The van der Waals surface area contributed by atoms with E-state index in [1.54, 1.807) is 0 Å². The van der Waals surface area contributed by atoms with Crippen LogP contribution in [0.25, 0.3) is 0 Å². The molecule has 3 atom stereocenters. The summed E-state index contributed by atoms with van der Waals surface area (Å²) in [4.78, 5) is 16.7. The molecule has 1 aromatic rings. The molecule has 23 heavy (non-hydrogen) atoms. The molecule has 0 aromatic carbocycles. The van der Waals surface area contributed by atoms with Crippen LogP contribution in [0.4, 0.5) is 0 Å². The zero-order chi connectivity index (χ0) is 15.4. The van der Waals surface area contributed by atoms with Gasteiger partial charge in [0.25, 0.3) is 0 Å². The molecular formula is C19H25NO2S. The maximum atomic E-state index is 13.1. The maximum absolute atomic E-state index is 13.1. The Morgan fingerprint density at radius 1 is 1.17 bits per heavy atom. The smallest absolute Gasteiger partial charge is 0.225 e. The molecule has 4 bridgehead atoms. The van der Waals surface area contributed by atoms with E-state index in [2.05, 4.69) is 16.3 Å². The van der Waals surface area contributed by atoms with Gasteiger partial charge in [0, 0.05) is 23.9 Å². The van der Waals surface area contributed by atoms with Crippen LogP contribution in [0.15, 0.2) is 11.4 Å².